The monoisotopic (exact) mass is 447 g/mol. The second-order valence-corrected chi connectivity index (χ2v) is 7.20. The molecule has 0 aliphatic rings. The van der Waals surface area contributed by atoms with Crippen LogP contribution in [0.3, 0.4) is 0 Å². The molecule has 10 heteroatoms. The predicted octanol–water partition coefficient (Wildman–Crippen LogP) is 4.38. The highest BCUT2D eigenvalue weighted by Crippen LogP contribution is 2.26. The molecule has 158 valence electrons. The number of amides is 1. The minimum Gasteiger partial charge on any atom is -0.463 e. The lowest BCUT2D eigenvalue weighted by molar-refractivity contribution is 0.102. The number of anilines is 1. The Hall–Kier alpha value is -4.37. The van der Waals surface area contributed by atoms with Crippen molar-refractivity contribution in [2.75, 3.05) is 5.32 Å². The van der Waals surface area contributed by atoms with Crippen molar-refractivity contribution in [3.8, 4) is 28.5 Å². The van der Waals surface area contributed by atoms with Gasteiger partial charge in [-0.05, 0) is 42.5 Å². The minimum atomic E-state index is -0.661. The van der Waals surface area contributed by atoms with E-state index in [1.165, 1.54) is 0 Å². The van der Waals surface area contributed by atoms with Crippen molar-refractivity contribution in [1.29, 1.82) is 0 Å². The number of carbonyl (C=O) groups excluding carboxylic acids is 1. The summed E-state index contributed by atoms with van der Waals surface area (Å²) >= 11 is 6.14. The van der Waals surface area contributed by atoms with Gasteiger partial charge in [-0.2, -0.15) is 5.10 Å². The van der Waals surface area contributed by atoms with Gasteiger partial charge >= 0.3 is 5.76 Å². The first-order valence-electron chi connectivity index (χ1n) is 9.44. The molecule has 0 radical (unpaired) electrons. The van der Waals surface area contributed by atoms with Crippen LogP contribution in [0.1, 0.15) is 10.5 Å². The Labute approximate surface area is 185 Å². The van der Waals surface area contributed by atoms with Crippen LogP contribution in [0, 0.1) is 0 Å². The SMILES string of the molecule is O=C(Nc1cccc(-c2noc(=O)[nH]2)c1)c1cc(-c2ccco2)n(-c2cccc(Cl)c2)n1. The van der Waals surface area contributed by atoms with E-state index in [1.54, 1.807) is 71.6 Å². The van der Waals surface area contributed by atoms with E-state index in [2.05, 4.69) is 25.1 Å². The van der Waals surface area contributed by atoms with Gasteiger partial charge in [0.15, 0.2) is 17.3 Å². The Balaban J connectivity index is 1.48. The summed E-state index contributed by atoms with van der Waals surface area (Å²) < 4.78 is 11.6. The smallest absolute Gasteiger partial charge is 0.439 e. The second kappa shape index (κ2) is 8.05. The molecule has 0 saturated carbocycles. The van der Waals surface area contributed by atoms with E-state index in [4.69, 9.17) is 16.0 Å². The molecule has 32 heavy (non-hydrogen) atoms. The third-order valence-electron chi connectivity index (χ3n) is 4.60. The number of furan rings is 1. The zero-order valence-corrected chi connectivity index (χ0v) is 17.0. The number of rotatable bonds is 5. The van der Waals surface area contributed by atoms with Crippen LogP contribution in [-0.4, -0.2) is 25.8 Å². The lowest BCUT2D eigenvalue weighted by Gasteiger charge is -2.06. The molecule has 2 aromatic carbocycles. The first kappa shape index (κ1) is 19.6. The average molecular weight is 448 g/mol. The summed E-state index contributed by atoms with van der Waals surface area (Å²) in [5, 5.41) is 11.5. The highest BCUT2D eigenvalue weighted by molar-refractivity contribution is 6.30. The molecule has 3 aromatic heterocycles. The highest BCUT2D eigenvalue weighted by atomic mass is 35.5. The van der Waals surface area contributed by atoms with Gasteiger partial charge in [0.25, 0.3) is 5.91 Å². The van der Waals surface area contributed by atoms with Gasteiger partial charge in [0.05, 0.1) is 12.0 Å². The number of aromatic amines is 1. The van der Waals surface area contributed by atoms with Gasteiger partial charge in [-0.25, -0.2) is 9.48 Å². The van der Waals surface area contributed by atoms with Gasteiger partial charge in [-0.15, -0.1) is 0 Å². The van der Waals surface area contributed by atoms with Crippen LogP contribution in [0.2, 0.25) is 5.02 Å². The molecular formula is C22H14ClN5O4. The van der Waals surface area contributed by atoms with Gasteiger partial charge < -0.3 is 9.73 Å². The van der Waals surface area contributed by atoms with Crippen molar-refractivity contribution in [2.45, 2.75) is 0 Å². The summed E-state index contributed by atoms with van der Waals surface area (Å²) in [6.07, 6.45) is 1.55. The molecule has 1 amide bonds. The molecule has 0 saturated heterocycles. The van der Waals surface area contributed by atoms with E-state index in [0.717, 1.165) is 0 Å². The van der Waals surface area contributed by atoms with Gasteiger partial charge in [-0.3, -0.25) is 14.3 Å². The van der Waals surface area contributed by atoms with Crippen molar-refractivity contribution in [3.63, 3.8) is 0 Å². The maximum atomic E-state index is 13.0. The quantitative estimate of drug-likeness (QED) is 0.412. The fourth-order valence-corrected chi connectivity index (χ4v) is 3.37. The molecule has 0 fully saturated rings. The largest absolute Gasteiger partial charge is 0.463 e. The number of carbonyl (C=O) groups is 1. The van der Waals surface area contributed by atoms with Crippen molar-refractivity contribution >= 4 is 23.2 Å². The number of halogens is 1. The number of nitrogens with one attached hydrogen (secondary N) is 2. The van der Waals surface area contributed by atoms with E-state index in [0.29, 0.717) is 33.4 Å². The van der Waals surface area contributed by atoms with Crippen molar-refractivity contribution in [2.24, 2.45) is 0 Å². The summed E-state index contributed by atoms with van der Waals surface area (Å²) in [5.74, 6) is -0.277. The second-order valence-electron chi connectivity index (χ2n) is 6.76. The zero-order chi connectivity index (χ0) is 22.1. The number of nitrogens with zero attached hydrogens (tertiary/aromatic N) is 3. The lowest BCUT2D eigenvalue weighted by Crippen LogP contribution is -2.13. The summed E-state index contributed by atoms with van der Waals surface area (Å²) in [6, 6.07) is 19.1. The number of H-pyrrole nitrogens is 1. The summed E-state index contributed by atoms with van der Waals surface area (Å²) in [5.41, 5.74) is 2.52. The summed E-state index contributed by atoms with van der Waals surface area (Å²) in [7, 11) is 0. The third-order valence-corrected chi connectivity index (χ3v) is 4.84. The lowest BCUT2D eigenvalue weighted by atomic mass is 10.2. The molecule has 0 unspecified atom stereocenters. The molecule has 0 atom stereocenters. The van der Waals surface area contributed by atoms with Crippen LogP contribution >= 0.6 is 11.6 Å². The van der Waals surface area contributed by atoms with Crippen LogP contribution in [0.4, 0.5) is 5.69 Å². The molecule has 3 heterocycles. The first-order chi connectivity index (χ1) is 15.6. The summed E-state index contributed by atoms with van der Waals surface area (Å²) in [6.45, 7) is 0. The fraction of sp³-hybridized carbons (Fsp3) is 0. The average Bonchev–Trinajstić information content (AvgIpc) is 3.54. The molecule has 0 spiro atoms. The molecule has 0 bridgehead atoms. The van der Waals surface area contributed by atoms with Crippen LogP contribution in [-0.2, 0) is 0 Å². The number of hydrogen-bond acceptors (Lipinski definition) is 6. The van der Waals surface area contributed by atoms with Gasteiger partial charge in [-0.1, -0.05) is 35.0 Å². The third kappa shape index (κ3) is 3.84. The van der Waals surface area contributed by atoms with Gasteiger partial charge in [0.1, 0.15) is 5.69 Å². The molecule has 0 aliphatic carbocycles. The fourth-order valence-electron chi connectivity index (χ4n) is 3.19. The Morgan fingerprint density at radius 2 is 1.94 bits per heavy atom. The molecule has 9 nitrogen and oxygen atoms in total. The maximum Gasteiger partial charge on any atom is 0.439 e. The Morgan fingerprint density at radius 3 is 2.69 bits per heavy atom. The van der Waals surface area contributed by atoms with E-state index < -0.39 is 11.7 Å². The van der Waals surface area contributed by atoms with E-state index >= 15 is 0 Å². The highest BCUT2D eigenvalue weighted by Gasteiger charge is 2.19. The number of benzene rings is 2. The van der Waals surface area contributed by atoms with Crippen LogP contribution in [0.5, 0.6) is 0 Å². The summed E-state index contributed by atoms with van der Waals surface area (Å²) in [4.78, 5) is 26.6. The van der Waals surface area contributed by atoms with Gasteiger partial charge in [0, 0.05) is 22.3 Å². The topological polar surface area (TPSA) is 119 Å². The first-order valence-corrected chi connectivity index (χ1v) is 9.82. The molecule has 0 aliphatic heterocycles. The standard InChI is InChI=1S/C22H14ClN5O4/c23-14-5-2-7-16(11-14)28-18(19-8-3-9-31-19)12-17(26-28)21(29)24-15-6-1-4-13(10-15)20-25-22(30)32-27-20/h1-12H,(H,24,29)(H,25,27,30). The zero-order valence-electron chi connectivity index (χ0n) is 16.3. The Kier molecular flexibility index (Phi) is 4.92. The van der Waals surface area contributed by atoms with Crippen molar-refractivity contribution in [1.82, 2.24) is 19.9 Å². The van der Waals surface area contributed by atoms with Crippen LogP contribution < -0.4 is 11.1 Å². The van der Waals surface area contributed by atoms with Crippen molar-refractivity contribution < 1.29 is 13.7 Å². The number of aromatic nitrogens is 4. The Morgan fingerprint density at radius 1 is 1.06 bits per heavy atom. The van der Waals surface area contributed by atoms with Crippen LogP contribution in [0.25, 0.3) is 28.5 Å². The normalized spacial score (nSPS) is 10.9. The minimum absolute atomic E-state index is 0.177. The molecular weight excluding hydrogens is 434 g/mol. The molecule has 2 N–H and O–H groups in total. The van der Waals surface area contributed by atoms with Crippen molar-refractivity contribution in [3.05, 3.63) is 94.3 Å². The molecule has 5 rings (SSSR count). The van der Waals surface area contributed by atoms with E-state index in [1.807, 2.05) is 6.07 Å². The number of hydrogen-bond donors (Lipinski definition) is 2. The maximum absolute atomic E-state index is 13.0. The molecule has 5 aromatic rings. The predicted molar refractivity (Wildman–Crippen MR) is 117 cm³/mol. The Bertz CT molecular complexity index is 1470. The van der Waals surface area contributed by atoms with E-state index in [-0.39, 0.29) is 11.5 Å². The van der Waals surface area contributed by atoms with E-state index in [9.17, 15) is 9.59 Å². The van der Waals surface area contributed by atoms with Gasteiger partial charge in [0.2, 0.25) is 0 Å². The van der Waals surface area contributed by atoms with Crippen LogP contribution in [0.15, 0.2) is 86.7 Å².